The summed E-state index contributed by atoms with van der Waals surface area (Å²) in [5, 5.41) is 6.61. The van der Waals surface area contributed by atoms with Crippen LogP contribution in [0.25, 0.3) is 0 Å². The Bertz CT molecular complexity index is 740. The lowest BCUT2D eigenvalue weighted by Gasteiger charge is -2.32. The number of ether oxygens (including phenoxy) is 1. The number of nitrogens with one attached hydrogen (secondary N) is 2. The van der Waals surface area contributed by atoms with Crippen molar-refractivity contribution in [1.82, 2.24) is 15.3 Å². The number of hydrogen-bond donors (Lipinski definition) is 2. The van der Waals surface area contributed by atoms with Gasteiger partial charge in [0.25, 0.3) is 0 Å². The molecule has 2 heterocycles. The first kappa shape index (κ1) is 18.4. The van der Waals surface area contributed by atoms with Crippen molar-refractivity contribution in [3.8, 4) is 11.6 Å². The number of piperidine rings is 1. The molecule has 7 heteroatoms. The molecule has 0 aliphatic carbocycles. The van der Waals surface area contributed by atoms with E-state index in [-0.39, 0.29) is 0 Å². The van der Waals surface area contributed by atoms with Gasteiger partial charge in [-0.05, 0) is 50.0 Å². The minimum Gasteiger partial charge on any atom is -0.439 e. The van der Waals surface area contributed by atoms with Crippen LogP contribution in [0.15, 0.2) is 36.4 Å². The van der Waals surface area contributed by atoms with Crippen LogP contribution in [0.3, 0.4) is 0 Å². The average Bonchev–Trinajstić information content (AvgIpc) is 2.62. The fourth-order valence-electron chi connectivity index (χ4n) is 3.00. The van der Waals surface area contributed by atoms with Gasteiger partial charge in [-0.15, -0.1) is 0 Å². The molecule has 1 aromatic heterocycles. The molecular weight excluding hydrogens is 346 g/mol. The Hall–Kier alpha value is -2.41. The highest BCUT2D eigenvalue weighted by atomic mass is 32.1. The molecule has 1 atom stereocenters. The second-order valence-electron chi connectivity index (χ2n) is 6.48. The standard InChI is InChI=1S/C19H25N5OS/c1-3-20-19(26)23-18-21-16(24-11-7-8-14(2)13-24)12-17(22-18)25-15-9-5-4-6-10-15/h4-6,9-10,12,14H,3,7-8,11,13H2,1-2H3,(H2,20,21,22,23,26)/t14-/m0/s1. The molecule has 2 N–H and O–H groups in total. The lowest BCUT2D eigenvalue weighted by atomic mass is 10.0. The Morgan fingerprint density at radius 3 is 2.85 bits per heavy atom. The van der Waals surface area contributed by atoms with Crippen LogP contribution < -0.4 is 20.3 Å². The van der Waals surface area contributed by atoms with Gasteiger partial charge in [-0.25, -0.2) is 0 Å². The number of anilines is 2. The quantitative estimate of drug-likeness (QED) is 0.775. The third kappa shape index (κ3) is 5.05. The maximum Gasteiger partial charge on any atom is 0.234 e. The molecule has 3 rings (SSSR count). The average molecular weight is 372 g/mol. The van der Waals surface area contributed by atoms with Crippen molar-refractivity contribution in [3.63, 3.8) is 0 Å². The summed E-state index contributed by atoms with van der Waals surface area (Å²) >= 11 is 5.27. The Morgan fingerprint density at radius 1 is 1.31 bits per heavy atom. The van der Waals surface area contributed by atoms with Gasteiger partial charge in [0.05, 0.1) is 0 Å². The first-order chi connectivity index (χ1) is 12.6. The lowest BCUT2D eigenvalue weighted by molar-refractivity contribution is 0.440. The molecule has 0 spiro atoms. The second kappa shape index (κ2) is 8.80. The number of benzene rings is 1. The molecular formula is C19H25N5OS. The van der Waals surface area contributed by atoms with Crippen LogP contribution in [0, 0.1) is 5.92 Å². The van der Waals surface area contributed by atoms with Crippen LogP contribution in [-0.4, -0.2) is 34.7 Å². The topological polar surface area (TPSA) is 62.3 Å². The van der Waals surface area contributed by atoms with E-state index in [1.54, 1.807) is 0 Å². The predicted octanol–water partition coefficient (Wildman–Crippen LogP) is 3.81. The summed E-state index contributed by atoms with van der Waals surface area (Å²) in [4.78, 5) is 11.4. The van der Waals surface area contributed by atoms with Gasteiger partial charge in [0, 0.05) is 25.7 Å². The third-order valence-corrected chi connectivity index (χ3v) is 4.44. The predicted molar refractivity (Wildman–Crippen MR) is 109 cm³/mol. The van der Waals surface area contributed by atoms with Crippen molar-refractivity contribution in [1.29, 1.82) is 0 Å². The van der Waals surface area contributed by atoms with Crippen LogP contribution in [0.2, 0.25) is 0 Å². The Kier molecular flexibility index (Phi) is 6.22. The molecule has 0 unspecified atom stereocenters. The SMILES string of the molecule is CCNC(=S)Nc1nc(Oc2ccccc2)cc(N2CCC[C@H](C)C2)n1. The van der Waals surface area contributed by atoms with Gasteiger partial charge >= 0.3 is 0 Å². The fraction of sp³-hybridized carbons (Fsp3) is 0.421. The van der Waals surface area contributed by atoms with E-state index in [9.17, 15) is 0 Å². The molecule has 1 aliphatic heterocycles. The third-order valence-electron chi connectivity index (χ3n) is 4.20. The number of nitrogens with zero attached hydrogens (tertiary/aromatic N) is 3. The van der Waals surface area contributed by atoms with Gasteiger partial charge in [-0.3, -0.25) is 0 Å². The van der Waals surface area contributed by atoms with Gasteiger partial charge in [0.2, 0.25) is 11.8 Å². The van der Waals surface area contributed by atoms with Gasteiger partial charge < -0.3 is 20.3 Å². The van der Waals surface area contributed by atoms with Crippen LogP contribution >= 0.6 is 12.2 Å². The van der Waals surface area contributed by atoms with Crippen molar-refractivity contribution < 1.29 is 4.74 Å². The smallest absolute Gasteiger partial charge is 0.234 e. The number of hydrogen-bond acceptors (Lipinski definition) is 5. The van der Waals surface area contributed by atoms with Crippen molar-refractivity contribution in [3.05, 3.63) is 36.4 Å². The molecule has 26 heavy (non-hydrogen) atoms. The molecule has 0 saturated carbocycles. The number of rotatable bonds is 5. The maximum absolute atomic E-state index is 5.94. The van der Waals surface area contributed by atoms with Crippen molar-refractivity contribution >= 4 is 29.1 Å². The van der Waals surface area contributed by atoms with Gasteiger partial charge in [0.1, 0.15) is 11.6 Å². The number of thiocarbonyl (C=S) groups is 1. The fourth-order valence-corrected chi connectivity index (χ4v) is 3.23. The zero-order valence-corrected chi connectivity index (χ0v) is 16.1. The molecule has 1 aliphatic rings. The Labute approximate surface area is 160 Å². The van der Waals surface area contributed by atoms with E-state index in [2.05, 4.69) is 32.4 Å². The van der Waals surface area contributed by atoms with E-state index in [0.29, 0.717) is 22.9 Å². The molecule has 0 amide bonds. The summed E-state index contributed by atoms with van der Waals surface area (Å²) < 4.78 is 5.94. The molecule has 2 aromatic rings. The summed E-state index contributed by atoms with van der Waals surface area (Å²) in [6, 6.07) is 11.5. The lowest BCUT2D eigenvalue weighted by Crippen LogP contribution is -2.35. The minimum atomic E-state index is 0.442. The summed E-state index contributed by atoms with van der Waals surface area (Å²) in [5.41, 5.74) is 0. The van der Waals surface area contributed by atoms with E-state index in [4.69, 9.17) is 17.0 Å². The molecule has 0 radical (unpaired) electrons. The molecule has 0 bridgehead atoms. The number of aromatic nitrogens is 2. The Morgan fingerprint density at radius 2 is 2.12 bits per heavy atom. The highest BCUT2D eigenvalue weighted by Gasteiger charge is 2.19. The van der Waals surface area contributed by atoms with E-state index >= 15 is 0 Å². The van der Waals surface area contributed by atoms with E-state index in [0.717, 1.165) is 31.2 Å². The first-order valence-electron chi connectivity index (χ1n) is 9.06. The Balaban J connectivity index is 1.86. The highest BCUT2D eigenvalue weighted by molar-refractivity contribution is 7.80. The minimum absolute atomic E-state index is 0.442. The normalized spacial score (nSPS) is 16.8. The summed E-state index contributed by atoms with van der Waals surface area (Å²) in [5.74, 6) is 3.19. The molecule has 6 nitrogen and oxygen atoms in total. The van der Waals surface area contributed by atoms with Crippen molar-refractivity contribution in [2.24, 2.45) is 5.92 Å². The van der Waals surface area contributed by atoms with Crippen LogP contribution in [0.5, 0.6) is 11.6 Å². The molecule has 1 aromatic carbocycles. The summed E-state index contributed by atoms with van der Waals surface area (Å²) in [7, 11) is 0. The van der Waals surface area contributed by atoms with Gasteiger partial charge in [-0.2, -0.15) is 9.97 Å². The largest absolute Gasteiger partial charge is 0.439 e. The van der Waals surface area contributed by atoms with Crippen LogP contribution in [0.4, 0.5) is 11.8 Å². The monoisotopic (exact) mass is 371 g/mol. The first-order valence-corrected chi connectivity index (χ1v) is 9.46. The van der Waals surface area contributed by atoms with Crippen molar-refractivity contribution in [2.45, 2.75) is 26.7 Å². The maximum atomic E-state index is 5.94. The molecule has 1 saturated heterocycles. The molecule has 138 valence electrons. The van der Waals surface area contributed by atoms with Crippen LogP contribution in [-0.2, 0) is 0 Å². The number of para-hydroxylation sites is 1. The summed E-state index contributed by atoms with van der Waals surface area (Å²) in [6.07, 6.45) is 2.42. The van der Waals surface area contributed by atoms with Gasteiger partial charge in [-0.1, -0.05) is 25.1 Å². The van der Waals surface area contributed by atoms with E-state index in [1.807, 2.05) is 43.3 Å². The second-order valence-corrected chi connectivity index (χ2v) is 6.89. The zero-order chi connectivity index (χ0) is 18.4. The van der Waals surface area contributed by atoms with E-state index in [1.165, 1.54) is 12.8 Å². The zero-order valence-electron chi connectivity index (χ0n) is 15.2. The highest BCUT2D eigenvalue weighted by Crippen LogP contribution is 2.27. The van der Waals surface area contributed by atoms with Gasteiger partial charge in [0.15, 0.2) is 5.11 Å². The van der Waals surface area contributed by atoms with E-state index < -0.39 is 0 Å². The molecule has 1 fully saturated rings. The van der Waals surface area contributed by atoms with Crippen LogP contribution in [0.1, 0.15) is 26.7 Å². The summed E-state index contributed by atoms with van der Waals surface area (Å²) in [6.45, 7) is 6.98. The van der Waals surface area contributed by atoms with Crippen molar-refractivity contribution in [2.75, 3.05) is 29.9 Å².